The number of thioether (sulfide) groups is 1. The van der Waals surface area contributed by atoms with Gasteiger partial charge in [-0.25, -0.2) is 0 Å². The van der Waals surface area contributed by atoms with Gasteiger partial charge in [0.25, 0.3) is 0 Å². The third kappa shape index (κ3) is 5.96. The normalized spacial score (nSPS) is 11.7. The molecule has 1 aromatic heterocycles. The quantitative estimate of drug-likeness (QED) is 0.500. The van der Waals surface area contributed by atoms with Gasteiger partial charge >= 0.3 is 0 Å². The van der Waals surface area contributed by atoms with E-state index in [0.29, 0.717) is 23.7 Å². The van der Waals surface area contributed by atoms with E-state index in [-0.39, 0.29) is 11.8 Å². The highest BCUT2D eigenvalue weighted by Crippen LogP contribution is 2.37. The van der Waals surface area contributed by atoms with Crippen molar-refractivity contribution < 1.29 is 14.1 Å². The van der Waals surface area contributed by atoms with Gasteiger partial charge in [0.05, 0.1) is 0 Å². The first-order chi connectivity index (χ1) is 14.0. The molecule has 0 spiro atoms. The van der Waals surface area contributed by atoms with Gasteiger partial charge in [0.1, 0.15) is 11.0 Å². The zero-order chi connectivity index (χ0) is 20.6. The Labute approximate surface area is 174 Å². The zero-order valence-corrected chi connectivity index (χ0v) is 17.2. The van der Waals surface area contributed by atoms with Gasteiger partial charge in [-0.15, -0.1) is 11.8 Å². The molecule has 2 amide bonds. The summed E-state index contributed by atoms with van der Waals surface area (Å²) in [6.07, 6.45) is 1.27. The lowest BCUT2D eigenvalue weighted by atomic mass is 10.1. The molecule has 2 aromatic carbocycles. The van der Waals surface area contributed by atoms with Crippen LogP contribution in [0.25, 0.3) is 0 Å². The second kappa shape index (κ2) is 9.93. The van der Waals surface area contributed by atoms with Crippen LogP contribution >= 0.6 is 11.8 Å². The molecule has 6 nitrogen and oxygen atoms in total. The molecule has 0 saturated heterocycles. The lowest BCUT2D eigenvalue weighted by molar-refractivity contribution is -0.116. The monoisotopic (exact) mass is 409 g/mol. The van der Waals surface area contributed by atoms with E-state index >= 15 is 0 Å². The highest BCUT2D eigenvalue weighted by molar-refractivity contribution is 8.00. The third-order valence-electron chi connectivity index (χ3n) is 4.07. The predicted octanol–water partition coefficient (Wildman–Crippen LogP) is 5.19. The smallest absolute Gasteiger partial charge is 0.243 e. The van der Waals surface area contributed by atoms with E-state index in [1.165, 1.54) is 11.8 Å². The minimum Gasteiger partial charge on any atom is -0.360 e. The molecule has 0 aliphatic heterocycles. The molecule has 0 radical (unpaired) electrons. The number of nitrogens with one attached hydrogen (secondary N) is 2. The van der Waals surface area contributed by atoms with Gasteiger partial charge in [-0.2, -0.15) is 0 Å². The molecule has 3 aromatic rings. The molecule has 0 aliphatic rings. The van der Waals surface area contributed by atoms with Gasteiger partial charge < -0.3 is 15.2 Å². The maximum Gasteiger partial charge on any atom is 0.243 e. The van der Waals surface area contributed by atoms with Crippen LogP contribution in [0.3, 0.4) is 0 Å². The van der Waals surface area contributed by atoms with Crippen LogP contribution in [0.4, 0.5) is 11.5 Å². The molecule has 0 saturated carbocycles. The fraction of sp³-hybridized carbons (Fsp3) is 0.227. The standard InChI is InChI=1S/C22H23N3O3S/c1-3-8-20(26)23-17-11-7-12-18(14-17)29-21(16-9-5-4-6-10-16)22(27)24-19-13-15(2)28-25-19/h4-7,9-14,21H,3,8H2,1-2H3,(H,23,26)(H,24,25,27). The molecular weight excluding hydrogens is 386 g/mol. The number of carbonyl (C=O) groups excluding carboxylic acids is 2. The molecule has 1 heterocycles. The van der Waals surface area contributed by atoms with E-state index < -0.39 is 5.25 Å². The van der Waals surface area contributed by atoms with Crippen LogP contribution in [0.5, 0.6) is 0 Å². The molecule has 29 heavy (non-hydrogen) atoms. The topological polar surface area (TPSA) is 84.2 Å². The van der Waals surface area contributed by atoms with E-state index in [0.717, 1.165) is 16.9 Å². The number of nitrogens with zero attached hydrogens (tertiary/aromatic N) is 1. The zero-order valence-electron chi connectivity index (χ0n) is 16.3. The highest BCUT2D eigenvalue weighted by atomic mass is 32.2. The van der Waals surface area contributed by atoms with E-state index in [1.54, 1.807) is 13.0 Å². The Hall–Kier alpha value is -3.06. The first-order valence-corrected chi connectivity index (χ1v) is 10.3. The van der Waals surface area contributed by atoms with Gasteiger partial charge in [-0.1, -0.05) is 48.5 Å². The highest BCUT2D eigenvalue weighted by Gasteiger charge is 2.23. The molecule has 1 atom stereocenters. The molecular formula is C22H23N3O3S. The summed E-state index contributed by atoms with van der Waals surface area (Å²) in [4.78, 5) is 25.7. The van der Waals surface area contributed by atoms with Crippen molar-refractivity contribution in [2.75, 3.05) is 10.6 Å². The van der Waals surface area contributed by atoms with Gasteiger partial charge in [0.15, 0.2) is 5.82 Å². The molecule has 1 unspecified atom stereocenters. The van der Waals surface area contributed by atoms with Crippen molar-refractivity contribution in [2.24, 2.45) is 0 Å². The molecule has 7 heteroatoms. The fourth-order valence-electron chi connectivity index (χ4n) is 2.75. The molecule has 3 rings (SSSR count). The van der Waals surface area contributed by atoms with Crippen LogP contribution in [-0.2, 0) is 9.59 Å². The third-order valence-corrected chi connectivity index (χ3v) is 5.32. The van der Waals surface area contributed by atoms with Crippen molar-refractivity contribution in [3.63, 3.8) is 0 Å². The summed E-state index contributed by atoms with van der Waals surface area (Å²) >= 11 is 1.41. The summed E-state index contributed by atoms with van der Waals surface area (Å²) < 4.78 is 5.03. The summed E-state index contributed by atoms with van der Waals surface area (Å²) in [5.74, 6) is 0.790. The lowest BCUT2D eigenvalue weighted by Crippen LogP contribution is -2.19. The van der Waals surface area contributed by atoms with Crippen molar-refractivity contribution in [1.29, 1.82) is 0 Å². The largest absolute Gasteiger partial charge is 0.360 e. The maximum absolute atomic E-state index is 13.0. The fourth-order valence-corrected chi connectivity index (χ4v) is 3.84. The summed E-state index contributed by atoms with van der Waals surface area (Å²) in [7, 11) is 0. The minimum atomic E-state index is -0.491. The number of amides is 2. The summed E-state index contributed by atoms with van der Waals surface area (Å²) in [6, 6.07) is 18.7. The van der Waals surface area contributed by atoms with Crippen molar-refractivity contribution in [1.82, 2.24) is 5.16 Å². The summed E-state index contributed by atoms with van der Waals surface area (Å²) in [6.45, 7) is 3.73. The van der Waals surface area contributed by atoms with Crippen LogP contribution in [0.2, 0.25) is 0 Å². The predicted molar refractivity (Wildman–Crippen MR) is 115 cm³/mol. The van der Waals surface area contributed by atoms with Crippen molar-refractivity contribution in [2.45, 2.75) is 36.8 Å². The number of benzene rings is 2. The molecule has 2 N–H and O–H groups in total. The number of hydrogen-bond donors (Lipinski definition) is 2. The second-order valence-corrected chi connectivity index (χ2v) is 7.73. The molecule has 150 valence electrons. The molecule has 0 fully saturated rings. The average molecular weight is 410 g/mol. The van der Waals surface area contributed by atoms with E-state index in [4.69, 9.17) is 4.52 Å². The van der Waals surface area contributed by atoms with Crippen molar-refractivity contribution in [3.05, 3.63) is 72.0 Å². The Bertz CT molecular complexity index is 972. The Morgan fingerprint density at radius 2 is 1.86 bits per heavy atom. The van der Waals surface area contributed by atoms with E-state index in [2.05, 4.69) is 15.8 Å². The SMILES string of the molecule is CCCC(=O)Nc1cccc(SC(C(=O)Nc2cc(C)on2)c2ccccc2)c1. The number of anilines is 2. The van der Waals surface area contributed by atoms with Gasteiger partial charge in [-0.05, 0) is 37.1 Å². The Balaban J connectivity index is 1.80. The van der Waals surface area contributed by atoms with Crippen LogP contribution in [0, 0.1) is 6.92 Å². The van der Waals surface area contributed by atoms with Crippen LogP contribution < -0.4 is 10.6 Å². The number of carbonyl (C=O) groups is 2. The number of hydrogen-bond acceptors (Lipinski definition) is 5. The summed E-state index contributed by atoms with van der Waals surface area (Å²) in [5.41, 5.74) is 1.59. The van der Waals surface area contributed by atoms with Crippen LogP contribution in [0.1, 0.15) is 36.3 Å². The lowest BCUT2D eigenvalue weighted by Gasteiger charge is -2.16. The number of aromatic nitrogens is 1. The first-order valence-electron chi connectivity index (χ1n) is 9.41. The van der Waals surface area contributed by atoms with Gasteiger partial charge in [0.2, 0.25) is 11.8 Å². The van der Waals surface area contributed by atoms with Crippen molar-refractivity contribution >= 4 is 35.1 Å². The van der Waals surface area contributed by atoms with Crippen molar-refractivity contribution in [3.8, 4) is 0 Å². The molecule has 0 aliphatic carbocycles. The van der Waals surface area contributed by atoms with Crippen LogP contribution in [0.15, 0.2) is 70.1 Å². The van der Waals surface area contributed by atoms with Gasteiger partial charge in [-0.3, -0.25) is 9.59 Å². The van der Waals surface area contributed by atoms with E-state index in [1.807, 2.05) is 61.5 Å². The molecule has 0 bridgehead atoms. The Kier molecular flexibility index (Phi) is 7.08. The first kappa shape index (κ1) is 20.7. The minimum absolute atomic E-state index is 0.0200. The number of aryl methyl sites for hydroxylation is 1. The van der Waals surface area contributed by atoms with E-state index in [9.17, 15) is 9.59 Å². The van der Waals surface area contributed by atoms with Crippen LogP contribution in [-0.4, -0.2) is 17.0 Å². The number of rotatable bonds is 8. The maximum atomic E-state index is 13.0. The average Bonchev–Trinajstić information content (AvgIpc) is 3.11. The Morgan fingerprint density at radius 1 is 1.07 bits per heavy atom. The van der Waals surface area contributed by atoms with Gasteiger partial charge in [0, 0.05) is 23.1 Å². The summed E-state index contributed by atoms with van der Waals surface area (Å²) in [5, 5.41) is 9.05. The second-order valence-electron chi connectivity index (χ2n) is 6.55. The Morgan fingerprint density at radius 3 is 2.55 bits per heavy atom.